The summed E-state index contributed by atoms with van der Waals surface area (Å²) in [4.78, 5) is 26.1. The average molecular weight is 485 g/mol. The van der Waals surface area contributed by atoms with E-state index in [4.69, 9.17) is 27.9 Å². The van der Waals surface area contributed by atoms with Crippen molar-refractivity contribution in [3.05, 3.63) is 63.6 Å². The summed E-state index contributed by atoms with van der Waals surface area (Å²) in [5.41, 5.74) is 0.849. The molecule has 2 aromatic carbocycles. The van der Waals surface area contributed by atoms with Gasteiger partial charge in [-0.1, -0.05) is 29.3 Å². The van der Waals surface area contributed by atoms with Gasteiger partial charge in [0.05, 0.1) is 23.5 Å². The molecular formula is C21H22Cl2N2O5S. The zero-order valence-corrected chi connectivity index (χ0v) is 19.2. The van der Waals surface area contributed by atoms with Crippen LogP contribution in [0, 0.1) is 0 Å². The minimum atomic E-state index is -3.74. The molecule has 0 atom stereocenters. The molecule has 0 spiro atoms. The van der Waals surface area contributed by atoms with Crippen LogP contribution in [0.3, 0.4) is 0 Å². The highest BCUT2D eigenvalue weighted by Gasteiger charge is 2.30. The van der Waals surface area contributed by atoms with E-state index in [1.807, 2.05) is 0 Å². The highest BCUT2D eigenvalue weighted by molar-refractivity contribution is 7.89. The second-order valence-corrected chi connectivity index (χ2v) is 9.66. The fourth-order valence-corrected chi connectivity index (χ4v) is 5.22. The first-order valence-corrected chi connectivity index (χ1v) is 11.9. The zero-order valence-electron chi connectivity index (χ0n) is 16.9. The number of hydrogen-bond donors (Lipinski definition) is 0. The quantitative estimate of drug-likeness (QED) is 0.587. The number of halogens is 2. The topological polar surface area (TPSA) is 84.0 Å². The van der Waals surface area contributed by atoms with Gasteiger partial charge in [0.15, 0.2) is 0 Å². The number of sulfonamides is 1. The molecule has 0 bridgehead atoms. The lowest BCUT2D eigenvalue weighted by molar-refractivity contribution is -0.131. The van der Waals surface area contributed by atoms with Crippen molar-refractivity contribution in [2.45, 2.75) is 18.2 Å². The summed E-state index contributed by atoms with van der Waals surface area (Å²) in [6.45, 7) is 2.81. The highest BCUT2D eigenvalue weighted by Crippen LogP contribution is 2.26. The van der Waals surface area contributed by atoms with E-state index in [0.29, 0.717) is 15.6 Å². The molecule has 166 valence electrons. The average Bonchev–Trinajstić information content (AvgIpc) is 2.76. The number of nitrogens with zero attached hydrogens (tertiary/aromatic N) is 2. The molecular weight excluding hydrogens is 463 g/mol. The summed E-state index contributed by atoms with van der Waals surface area (Å²) in [6, 6.07) is 10.7. The molecule has 3 rings (SSSR count). The van der Waals surface area contributed by atoms with Gasteiger partial charge in [0.2, 0.25) is 15.9 Å². The normalized spacial score (nSPS) is 15.0. The molecule has 1 saturated heterocycles. The molecule has 0 aliphatic carbocycles. The van der Waals surface area contributed by atoms with Crippen LogP contribution >= 0.6 is 23.2 Å². The van der Waals surface area contributed by atoms with Gasteiger partial charge in [-0.2, -0.15) is 4.31 Å². The summed E-state index contributed by atoms with van der Waals surface area (Å²) in [7, 11) is -3.74. The molecule has 10 heteroatoms. The predicted octanol–water partition coefficient (Wildman–Crippen LogP) is 3.25. The maximum atomic E-state index is 12.9. The number of rotatable bonds is 6. The monoisotopic (exact) mass is 484 g/mol. The third kappa shape index (κ3) is 5.38. The number of carbonyl (C=O) groups excluding carboxylic acids is 2. The van der Waals surface area contributed by atoms with Gasteiger partial charge in [-0.05, 0) is 48.9 Å². The van der Waals surface area contributed by atoms with Crippen molar-refractivity contribution in [3.63, 3.8) is 0 Å². The largest absolute Gasteiger partial charge is 0.462 e. The molecule has 1 aliphatic heterocycles. The zero-order chi connectivity index (χ0) is 22.6. The van der Waals surface area contributed by atoms with Crippen LogP contribution in [0.1, 0.15) is 22.8 Å². The van der Waals surface area contributed by atoms with Gasteiger partial charge in [0.25, 0.3) is 0 Å². The van der Waals surface area contributed by atoms with E-state index in [1.165, 1.54) is 28.6 Å². The Morgan fingerprint density at radius 2 is 1.55 bits per heavy atom. The molecule has 1 aliphatic rings. The smallest absolute Gasteiger partial charge is 0.338 e. The molecule has 1 amide bonds. The molecule has 2 aromatic rings. The second-order valence-electron chi connectivity index (χ2n) is 6.91. The predicted molar refractivity (Wildman–Crippen MR) is 118 cm³/mol. The van der Waals surface area contributed by atoms with Crippen LogP contribution < -0.4 is 0 Å². The Morgan fingerprint density at radius 1 is 0.968 bits per heavy atom. The van der Waals surface area contributed by atoms with E-state index < -0.39 is 16.0 Å². The van der Waals surface area contributed by atoms with E-state index in [1.54, 1.807) is 30.0 Å². The number of benzene rings is 2. The van der Waals surface area contributed by atoms with Crippen molar-refractivity contribution < 1.29 is 22.7 Å². The molecule has 0 aromatic heterocycles. The third-order valence-electron chi connectivity index (χ3n) is 4.98. The Bertz CT molecular complexity index is 1050. The maximum Gasteiger partial charge on any atom is 0.338 e. The summed E-state index contributed by atoms with van der Waals surface area (Å²) in [5.74, 6) is -0.664. The van der Waals surface area contributed by atoms with Gasteiger partial charge in [-0.25, -0.2) is 13.2 Å². The molecule has 0 saturated carbocycles. The number of amides is 1. The summed E-state index contributed by atoms with van der Waals surface area (Å²) in [6.07, 6.45) is 0.0561. The number of ether oxygens (including phenoxy) is 1. The molecule has 7 nitrogen and oxygen atoms in total. The van der Waals surface area contributed by atoms with E-state index in [0.717, 1.165) is 0 Å². The van der Waals surface area contributed by atoms with Gasteiger partial charge in [-0.15, -0.1) is 0 Å². The first kappa shape index (κ1) is 23.5. The number of hydrogen-bond acceptors (Lipinski definition) is 5. The van der Waals surface area contributed by atoms with Crippen LogP contribution in [0.2, 0.25) is 10.0 Å². The van der Waals surface area contributed by atoms with Crippen LogP contribution in [0.25, 0.3) is 0 Å². The lowest BCUT2D eigenvalue weighted by Crippen LogP contribution is -2.50. The van der Waals surface area contributed by atoms with Gasteiger partial charge >= 0.3 is 5.97 Å². The lowest BCUT2D eigenvalue weighted by atomic mass is 10.1. The minimum Gasteiger partial charge on any atom is -0.462 e. The maximum absolute atomic E-state index is 12.9. The molecule has 0 unspecified atom stereocenters. The minimum absolute atomic E-state index is 0.0561. The first-order valence-electron chi connectivity index (χ1n) is 9.72. The van der Waals surface area contributed by atoms with Crippen LogP contribution in [0.4, 0.5) is 0 Å². The number of piperazine rings is 1. The van der Waals surface area contributed by atoms with Gasteiger partial charge in [-0.3, -0.25) is 4.79 Å². The van der Waals surface area contributed by atoms with E-state index in [2.05, 4.69) is 0 Å². The standard InChI is InChI=1S/C21H22Cl2N2O5S/c1-2-30-21(27)15-6-8-16(9-7-15)31(28,29)25-12-10-24(11-13-25)20(26)14-17-18(22)4-3-5-19(17)23/h3-9H,2,10-14H2,1H3. The summed E-state index contributed by atoms with van der Waals surface area (Å²) < 4.78 is 32.1. The van der Waals surface area contributed by atoms with E-state index in [9.17, 15) is 18.0 Å². The fraction of sp³-hybridized carbons (Fsp3) is 0.333. The molecule has 1 heterocycles. The van der Waals surface area contributed by atoms with Gasteiger partial charge in [0, 0.05) is 36.2 Å². The van der Waals surface area contributed by atoms with Crippen molar-refractivity contribution in [3.8, 4) is 0 Å². The van der Waals surface area contributed by atoms with Gasteiger partial charge in [0.1, 0.15) is 0 Å². The third-order valence-corrected chi connectivity index (χ3v) is 7.61. The van der Waals surface area contributed by atoms with E-state index >= 15 is 0 Å². The molecule has 0 radical (unpaired) electrons. The van der Waals surface area contributed by atoms with Gasteiger partial charge < -0.3 is 9.64 Å². The molecule has 1 fully saturated rings. The van der Waals surface area contributed by atoms with Crippen LogP contribution in [-0.2, 0) is 26.0 Å². The first-order chi connectivity index (χ1) is 14.7. The van der Waals surface area contributed by atoms with Crippen molar-refractivity contribution in [2.24, 2.45) is 0 Å². The van der Waals surface area contributed by atoms with Crippen LogP contribution in [0.5, 0.6) is 0 Å². The van der Waals surface area contributed by atoms with Crippen LogP contribution in [0.15, 0.2) is 47.4 Å². The summed E-state index contributed by atoms with van der Waals surface area (Å²) >= 11 is 12.3. The fourth-order valence-electron chi connectivity index (χ4n) is 3.27. The SMILES string of the molecule is CCOC(=O)c1ccc(S(=O)(=O)N2CCN(C(=O)Cc3c(Cl)cccc3Cl)CC2)cc1. The Kier molecular flexibility index (Phi) is 7.59. The summed E-state index contributed by atoms with van der Waals surface area (Å²) in [5, 5.41) is 0.849. The Hall–Kier alpha value is -2.13. The highest BCUT2D eigenvalue weighted by atomic mass is 35.5. The van der Waals surface area contributed by atoms with Crippen molar-refractivity contribution >= 4 is 45.1 Å². The van der Waals surface area contributed by atoms with E-state index in [-0.39, 0.29) is 55.6 Å². The molecule has 0 N–H and O–H groups in total. The van der Waals surface area contributed by atoms with Crippen molar-refractivity contribution in [1.29, 1.82) is 0 Å². The molecule has 31 heavy (non-hydrogen) atoms. The van der Waals surface area contributed by atoms with Crippen LogP contribution in [-0.4, -0.2) is 62.3 Å². The Morgan fingerprint density at radius 3 is 2.10 bits per heavy atom. The second kappa shape index (κ2) is 9.99. The van der Waals surface area contributed by atoms with Crippen molar-refractivity contribution in [2.75, 3.05) is 32.8 Å². The Labute approximate surface area is 191 Å². The lowest BCUT2D eigenvalue weighted by Gasteiger charge is -2.34. The van der Waals surface area contributed by atoms with Crippen molar-refractivity contribution in [1.82, 2.24) is 9.21 Å². The Balaban J connectivity index is 1.63. The number of esters is 1. The number of carbonyl (C=O) groups is 2.